The van der Waals surface area contributed by atoms with Crippen molar-refractivity contribution in [2.45, 2.75) is 19.5 Å². The first-order valence-electron chi connectivity index (χ1n) is 9.64. The highest BCUT2D eigenvalue weighted by atomic mass is 16.5. The monoisotopic (exact) mass is 398 g/mol. The van der Waals surface area contributed by atoms with Crippen LogP contribution in [0.5, 0.6) is 5.75 Å². The van der Waals surface area contributed by atoms with E-state index in [2.05, 4.69) is 20.5 Å². The van der Waals surface area contributed by atoms with Crippen molar-refractivity contribution in [2.75, 3.05) is 37.8 Å². The molecule has 2 heterocycles. The van der Waals surface area contributed by atoms with Crippen LogP contribution in [0.4, 0.5) is 5.82 Å². The first-order valence-corrected chi connectivity index (χ1v) is 9.64. The Morgan fingerprint density at radius 1 is 1.17 bits per heavy atom. The number of amides is 2. The zero-order valence-electron chi connectivity index (χ0n) is 16.5. The van der Waals surface area contributed by atoms with Crippen LogP contribution >= 0.6 is 0 Å². The lowest BCUT2D eigenvalue weighted by Gasteiger charge is -2.27. The van der Waals surface area contributed by atoms with Crippen molar-refractivity contribution in [3.63, 3.8) is 0 Å². The Morgan fingerprint density at radius 3 is 2.62 bits per heavy atom. The molecule has 154 valence electrons. The number of para-hydroxylation sites is 1. The van der Waals surface area contributed by atoms with E-state index in [4.69, 9.17) is 9.47 Å². The van der Waals surface area contributed by atoms with Gasteiger partial charge in [-0.15, -0.1) is 0 Å². The molecule has 8 heteroatoms. The Bertz CT molecular complexity index is 792. The maximum absolute atomic E-state index is 12.2. The molecule has 1 fully saturated rings. The normalized spacial score (nSPS) is 14.7. The molecule has 1 aromatic carbocycles. The standard InChI is InChI=1S/C21H26N4O4/c1-16(24-20(26)15-29-18-5-3-2-4-6-18)21(27)23-14-17-7-8-19(22-13-17)25-9-11-28-12-10-25/h2-8,13,16H,9-12,14-15H2,1H3,(H,23,27)(H,24,26)/t16-/m1/s1. The van der Waals surface area contributed by atoms with E-state index in [-0.39, 0.29) is 18.4 Å². The molecule has 1 saturated heterocycles. The molecule has 1 aliphatic rings. The van der Waals surface area contributed by atoms with Gasteiger partial charge in [-0.25, -0.2) is 4.98 Å². The molecule has 8 nitrogen and oxygen atoms in total. The Labute approximate surface area is 170 Å². The van der Waals surface area contributed by atoms with Crippen LogP contribution in [0.1, 0.15) is 12.5 Å². The zero-order chi connectivity index (χ0) is 20.5. The fraction of sp³-hybridized carbons (Fsp3) is 0.381. The van der Waals surface area contributed by atoms with Crippen molar-refractivity contribution in [1.29, 1.82) is 0 Å². The third-order valence-corrected chi connectivity index (χ3v) is 4.49. The van der Waals surface area contributed by atoms with Crippen molar-refractivity contribution in [2.24, 2.45) is 0 Å². The topological polar surface area (TPSA) is 92.8 Å². The molecule has 0 unspecified atom stereocenters. The highest BCUT2D eigenvalue weighted by molar-refractivity contribution is 5.87. The molecule has 3 rings (SSSR count). The molecule has 29 heavy (non-hydrogen) atoms. The number of hydrogen-bond acceptors (Lipinski definition) is 6. The predicted octanol–water partition coefficient (Wildman–Crippen LogP) is 1.12. The number of nitrogens with one attached hydrogen (secondary N) is 2. The third kappa shape index (κ3) is 6.46. The average molecular weight is 398 g/mol. The number of rotatable bonds is 8. The van der Waals surface area contributed by atoms with Gasteiger partial charge in [0, 0.05) is 25.8 Å². The molecule has 0 spiro atoms. The Kier molecular flexibility index (Phi) is 7.40. The summed E-state index contributed by atoms with van der Waals surface area (Å²) >= 11 is 0. The minimum atomic E-state index is -0.664. The first kappa shape index (κ1) is 20.6. The second kappa shape index (κ2) is 10.4. The minimum absolute atomic E-state index is 0.144. The van der Waals surface area contributed by atoms with Crippen molar-refractivity contribution < 1.29 is 19.1 Å². The fourth-order valence-electron chi connectivity index (χ4n) is 2.86. The molecule has 2 N–H and O–H groups in total. The minimum Gasteiger partial charge on any atom is -0.484 e. The largest absolute Gasteiger partial charge is 0.484 e. The fourth-order valence-corrected chi connectivity index (χ4v) is 2.86. The Morgan fingerprint density at radius 2 is 1.93 bits per heavy atom. The summed E-state index contributed by atoms with van der Waals surface area (Å²) in [5, 5.41) is 5.44. The number of carbonyl (C=O) groups excluding carboxylic acids is 2. The van der Waals surface area contributed by atoms with Crippen LogP contribution < -0.4 is 20.3 Å². The summed E-state index contributed by atoms with van der Waals surface area (Å²) < 4.78 is 10.7. The maximum atomic E-state index is 12.2. The molecular weight excluding hydrogens is 372 g/mol. The summed E-state index contributed by atoms with van der Waals surface area (Å²) in [6, 6.07) is 12.3. The van der Waals surface area contributed by atoms with Crippen molar-refractivity contribution >= 4 is 17.6 Å². The highest BCUT2D eigenvalue weighted by Gasteiger charge is 2.16. The molecule has 0 bridgehead atoms. The quantitative estimate of drug-likeness (QED) is 0.692. The van der Waals surface area contributed by atoms with Crippen LogP contribution in [0, 0.1) is 0 Å². The molecule has 2 aromatic rings. The molecule has 0 aliphatic carbocycles. The number of morpholine rings is 1. The lowest BCUT2D eigenvalue weighted by atomic mass is 10.2. The summed E-state index contributed by atoms with van der Waals surface area (Å²) in [6.07, 6.45) is 1.75. The van der Waals surface area contributed by atoms with Gasteiger partial charge in [0.15, 0.2) is 6.61 Å². The second-order valence-corrected chi connectivity index (χ2v) is 6.73. The van der Waals surface area contributed by atoms with E-state index in [0.29, 0.717) is 25.5 Å². The van der Waals surface area contributed by atoms with E-state index in [1.807, 2.05) is 30.3 Å². The number of anilines is 1. The first-order chi connectivity index (χ1) is 14.1. The van der Waals surface area contributed by atoms with Crippen molar-refractivity contribution in [3.05, 3.63) is 54.2 Å². The maximum Gasteiger partial charge on any atom is 0.258 e. The van der Waals surface area contributed by atoms with Crippen LogP contribution in [-0.4, -0.2) is 55.8 Å². The second-order valence-electron chi connectivity index (χ2n) is 6.73. The molecule has 2 amide bonds. The summed E-state index contributed by atoms with van der Waals surface area (Å²) in [7, 11) is 0. The molecular formula is C21H26N4O4. The number of aromatic nitrogens is 1. The SMILES string of the molecule is C[C@@H](NC(=O)COc1ccccc1)C(=O)NCc1ccc(N2CCOCC2)nc1. The van der Waals surface area contributed by atoms with Gasteiger partial charge in [-0.3, -0.25) is 9.59 Å². The predicted molar refractivity (Wildman–Crippen MR) is 109 cm³/mol. The van der Waals surface area contributed by atoms with E-state index in [9.17, 15) is 9.59 Å². The molecule has 1 aromatic heterocycles. The van der Waals surface area contributed by atoms with Gasteiger partial charge < -0.3 is 25.0 Å². The molecule has 0 saturated carbocycles. The van der Waals surface area contributed by atoms with Gasteiger partial charge in [0.05, 0.1) is 13.2 Å². The number of nitrogens with zero attached hydrogens (tertiary/aromatic N) is 2. The third-order valence-electron chi connectivity index (χ3n) is 4.49. The average Bonchev–Trinajstić information content (AvgIpc) is 2.77. The number of hydrogen-bond donors (Lipinski definition) is 2. The van der Waals surface area contributed by atoms with Gasteiger partial charge in [0.1, 0.15) is 17.6 Å². The number of ether oxygens (including phenoxy) is 2. The van der Waals surface area contributed by atoms with Gasteiger partial charge in [0.25, 0.3) is 5.91 Å². The molecule has 0 radical (unpaired) electrons. The van der Waals surface area contributed by atoms with E-state index in [0.717, 1.165) is 24.5 Å². The van der Waals surface area contributed by atoms with Crippen LogP contribution in [-0.2, 0) is 20.9 Å². The summed E-state index contributed by atoms with van der Waals surface area (Å²) in [5.74, 6) is 0.888. The Hall–Kier alpha value is -3.13. The summed E-state index contributed by atoms with van der Waals surface area (Å²) in [5.41, 5.74) is 0.890. The summed E-state index contributed by atoms with van der Waals surface area (Å²) in [6.45, 7) is 4.90. The van der Waals surface area contributed by atoms with Crippen molar-refractivity contribution in [1.82, 2.24) is 15.6 Å². The van der Waals surface area contributed by atoms with Gasteiger partial charge in [-0.05, 0) is 30.7 Å². The van der Waals surface area contributed by atoms with Crippen LogP contribution in [0.25, 0.3) is 0 Å². The van der Waals surface area contributed by atoms with E-state index in [1.54, 1.807) is 25.3 Å². The van der Waals surface area contributed by atoms with E-state index >= 15 is 0 Å². The number of benzene rings is 1. The smallest absolute Gasteiger partial charge is 0.258 e. The highest BCUT2D eigenvalue weighted by Crippen LogP contribution is 2.13. The Balaban J connectivity index is 1.39. The summed E-state index contributed by atoms with van der Waals surface area (Å²) in [4.78, 5) is 30.8. The van der Waals surface area contributed by atoms with Crippen LogP contribution in [0.2, 0.25) is 0 Å². The zero-order valence-corrected chi connectivity index (χ0v) is 16.5. The van der Waals surface area contributed by atoms with E-state index < -0.39 is 6.04 Å². The number of pyridine rings is 1. The van der Waals surface area contributed by atoms with E-state index in [1.165, 1.54) is 0 Å². The van der Waals surface area contributed by atoms with Crippen LogP contribution in [0.15, 0.2) is 48.7 Å². The van der Waals surface area contributed by atoms with Gasteiger partial charge in [-0.1, -0.05) is 24.3 Å². The lowest BCUT2D eigenvalue weighted by Crippen LogP contribution is -2.46. The van der Waals surface area contributed by atoms with Gasteiger partial charge >= 0.3 is 0 Å². The molecule has 1 atom stereocenters. The van der Waals surface area contributed by atoms with Gasteiger partial charge in [0.2, 0.25) is 5.91 Å². The van der Waals surface area contributed by atoms with Crippen LogP contribution in [0.3, 0.4) is 0 Å². The van der Waals surface area contributed by atoms with Crippen molar-refractivity contribution in [3.8, 4) is 5.75 Å². The number of carbonyl (C=O) groups is 2. The molecule has 1 aliphatic heterocycles. The lowest BCUT2D eigenvalue weighted by molar-refractivity contribution is -0.129. The van der Waals surface area contributed by atoms with Gasteiger partial charge in [-0.2, -0.15) is 0 Å².